The molecule has 1 aromatic rings. The van der Waals surface area contributed by atoms with Gasteiger partial charge in [0.05, 0.1) is 12.5 Å². The summed E-state index contributed by atoms with van der Waals surface area (Å²) in [6.07, 6.45) is -4.32. The van der Waals surface area contributed by atoms with Crippen LogP contribution in [-0.4, -0.2) is 35.6 Å². The number of carbonyl (C=O) groups is 1. The second kappa shape index (κ2) is 6.43. The maximum absolute atomic E-state index is 11.9. The molecule has 0 N–H and O–H groups in total. The van der Waals surface area contributed by atoms with Gasteiger partial charge in [-0.05, 0) is 19.9 Å². The molecule has 0 aliphatic rings. The number of nitrogens with zero attached hydrogens (tertiary/aromatic N) is 1. The van der Waals surface area contributed by atoms with Crippen LogP contribution in [0.2, 0.25) is 0 Å². The van der Waals surface area contributed by atoms with Crippen molar-refractivity contribution in [1.82, 2.24) is 4.57 Å². The van der Waals surface area contributed by atoms with Crippen molar-refractivity contribution in [1.29, 1.82) is 0 Å². The molecule has 1 aromatic heterocycles. The number of alkyl halides is 4. The lowest BCUT2D eigenvalue weighted by molar-refractivity contribution is -0.174. The summed E-state index contributed by atoms with van der Waals surface area (Å²) in [5, 5.41) is 0. The molecule has 0 radical (unpaired) electrons. The fourth-order valence-electron chi connectivity index (χ4n) is 1.84. The van der Waals surface area contributed by atoms with Crippen molar-refractivity contribution in [3.8, 4) is 0 Å². The van der Waals surface area contributed by atoms with Crippen LogP contribution in [0.3, 0.4) is 0 Å². The molecule has 0 saturated heterocycles. The molecule has 0 amide bonds. The van der Waals surface area contributed by atoms with Crippen LogP contribution in [-0.2, 0) is 11.3 Å². The number of hydrogen-bond donors (Lipinski definition) is 0. The predicted octanol–water partition coefficient (Wildman–Crippen LogP) is 3.11. The van der Waals surface area contributed by atoms with Gasteiger partial charge in [-0.15, -0.1) is 11.6 Å². The molecule has 0 spiro atoms. The molecule has 0 atom stereocenters. The van der Waals surface area contributed by atoms with Gasteiger partial charge in [0.2, 0.25) is 0 Å². The molecule has 19 heavy (non-hydrogen) atoms. The van der Waals surface area contributed by atoms with E-state index in [4.69, 9.17) is 11.6 Å². The number of ketones is 1. The summed E-state index contributed by atoms with van der Waals surface area (Å²) in [6, 6.07) is 1.68. The highest BCUT2D eigenvalue weighted by molar-refractivity contribution is 6.30. The standard InChI is InChI=1S/C12H15ClF3NO2/c1-8-5-10(11(18)6-13)9(2)17(8)3-4-19-7-12(14,15)16/h5H,3-4,6-7H2,1-2H3. The van der Waals surface area contributed by atoms with Crippen LogP contribution in [0.5, 0.6) is 0 Å². The van der Waals surface area contributed by atoms with Gasteiger partial charge in [0.1, 0.15) is 6.61 Å². The summed E-state index contributed by atoms with van der Waals surface area (Å²) in [6.45, 7) is 2.45. The van der Waals surface area contributed by atoms with Gasteiger partial charge in [0.25, 0.3) is 0 Å². The van der Waals surface area contributed by atoms with E-state index < -0.39 is 12.8 Å². The Morgan fingerprint density at radius 1 is 1.42 bits per heavy atom. The molecule has 108 valence electrons. The average Bonchev–Trinajstić information content (AvgIpc) is 2.59. The quantitative estimate of drug-likeness (QED) is 0.459. The molecule has 3 nitrogen and oxygen atoms in total. The van der Waals surface area contributed by atoms with Gasteiger partial charge in [-0.25, -0.2) is 0 Å². The molecular weight excluding hydrogens is 283 g/mol. The first-order chi connectivity index (χ1) is 8.76. The number of rotatable bonds is 6. The minimum absolute atomic E-state index is 0.0651. The van der Waals surface area contributed by atoms with Crippen molar-refractivity contribution >= 4 is 17.4 Å². The highest BCUT2D eigenvalue weighted by Crippen LogP contribution is 2.17. The van der Waals surface area contributed by atoms with Gasteiger partial charge < -0.3 is 9.30 Å². The van der Waals surface area contributed by atoms with Gasteiger partial charge in [-0.2, -0.15) is 13.2 Å². The third-order valence-corrected chi connectivity index (χ3v) is 2.96. The maximum atomic E-state index is 11.9. The normalized spacial score (nSPS) is 11.9. The minimum atomic E-state index is -4.32. The number of halogens is 4. The van der Waals surface area contributed by atoms with Gasteiger partial charge in [0, 0.05) is 23.5 Å². The molecule has 0 fully saturated rings. The SMILES string of the molecule is Cc1cc(C(=O)CCl)c(C)n1CCOCC(F)(F)F. The van der Waals surface area contributed by atoms with E-state index in [1.54, 1.807) is 24.5 Å². The van der Waals surface area contributed by atoms with E-state index >= 15 is 0 Å². The number of ether oxygens (including phenoxy) is 1. The molecule has 0 unspecified atom stereocenters. The second-order valence-corrected chi connectivity index (χ2v) is 4.43. The van der Waals surface area contributed by atoms with Crippen LogP contribution >= 0.6 is 11.6 Å². The number of hydrogen-bond acceptors (Lipinski definition) is 2. The van der Waals surface area contributed by atoms with Crippen LogP contribution in [0.1, 0.15) is 21.7 Å². The summed E-state index contributed by atoms with van der Waals surface area (Å²) in [7, 11) is 0. The zero-order valence-corrected chi connectivity index (χ0v) is 11.4. The maximum Gasteiger partial charge on any atom is 0.411 e. The Kier molecular flexibility index (Phi) is 5.43. The van der Waals surface area contributed by atoms with Crippen molar-refractivity contribution in [3.63, 3.8) is 0 Å². The van der Waals surface area contributed by atoms with Crippen LogP contribution in [0.4, 0.5) is 13.2 Å². The van der Waals surface area contributed by atoms with E-state index in [9.17, 15) is 18.0 Å². The Morgan fingerprint density at radius 3 is 2.58 bits per heavy atom. The van der Waals surface area contributed by atoms with Crippen LogP contribution in [0.15, 0.2) is 6.07 Å². The van der Waals surface area contributed by atoms with Crippen LogP contribution in [0, 0.1) is 13.8 Å². The molecular formula is C12H15ClF3NO2. The van der Waals surface area contributed by atoms with E-state index in [1.807, 2.05) is 0 Å². The highest BCUT2D eigenvalue weighted by atomic mass is 35.5. The van der Waals surface area contributed by atoms with Gasteiger partial charge >= 0.3 is 6.18 Å². The van der Waals surface area contributed by atoms with E-state index in [0.29, 0.717) is 11.3 Å². The Labute approximate surface area is 114 Å². The number of Topliss-reactive ketones (excluding diaryl/α,β-unsaturated/α-hetero) is 1. The minimum Gasteiger partial charge on any atom is -0.370 e. The fourth-order valence-corrected chi connectivity index (χ4v) is 1.99. The number of aryl methyl sites for hydroxylation is 1. The van der Waals surface area contributed by atoms with Crippen LogP contribution in [0.25, 0.3) is 0 Å². The first-order valence-electron chi connectivity index (χ1n) is 5.66. The molecule has 0 aliphatic carbocycles. The van der Waals surface area contributed by atoms with Gasteiger partial charge in [-0.1, -0.05) is 0 Å². The smallest absolute Gasteiger partial charge is 0.370 e. The Morgan fingerprint density at radius 2 is 2.05 bits per heavy atom. The molecule has 0 saturated carbocycles. The zero-order chi connectivity index (χ0) is 14.6. The summed E-state index contributed by atoms with van der Waals surface area (Å²) in [5.41, 5.74) is 1.99. The molecule has 1 rings (SSSR count). The average molecular weight is 298 g/mol. The topological polar surface area (TPSA) is 31.2 Å². The predicted molar refractivity (Wildman–Crippen MR) is 65.8 cm³/mol. The molecule has 1 heterocycles. The van der Waals surface area contributed by atoms with E-state index in [2.05, 4.69) is 4.74 Å². The fraction of sp³-hybridized carbons (Fsp3) is 0.583. The lowest BCUT2D eigenvalue weighted by atomic mass is 10.2. The lowest BCUT2D eigenvalue weighted by Crippen LogP contribution is -2.19. The molecule has 7 heteroatoms. The van der Waals surface area contributed by atoms with Crippen molar-refractivity contribution in [2.24, 2.45) is 0 Å². The van der Waals surface area contributed by atoms with E-state index in [0.717, 1.165) is 5.69 Å². The lowest BCUT2D eigenvalue weighted by Gasteiger charge is -2.11. The molecule has 0 bridgehead atoms. The highest BCUT2D eigenvalue weighted by Gasteiger charge is 2.27. The molecule has 0 aromatic carbocycles. The Balaban J connectivity index is 2.64. The summed E-state index contributed by atoms with van der Waals surface area (Å²) in [5.74, 6) is -0.313. The van der Waals surface area contributed by atoms with Crippen molar-refractivity contribution in [3.05, 3.63) is 23.0 Å². The summed E-state index contributed by atoms with van der Waals surface area (Å²) >= 11 is 5.49. The first-order valence-corrected chi connectivity index (χ1v) is 6.20. The molecule has 0 aliphatic heterocycles. The first kappa shape index (κ1) is 16.0. The summed E-state index contributed by atoms with van der Waals surface area (Å²) < 4.78 is 42.0. The summed E-state index contributed by atoms with van der Waals surface area (Å²) in [4.78, 5) is 11.5. The Bertz CT molecular complexity index is 455. The van der Waals surface area contributed by atoms with E-state index in [1.165, 1.54) is 0 Å². The van der Waals surface area contributed by atoms with Crippen molar-refractivity contribution in [2.45, 2.75) is 26.6 Å². The van der Waals surface area contributed by atoms with Gasteiger partial charge in [-0.3, -0.25) is 4.79 Å². The number of carbonyl (C=O) groups excluding carboxylic acids is 1. The van der Waals surface area contributed by atoms with Crippen molar-refractivity contribution in [2.75, 3.05) is 19.1 Å². The van der Waals surface area contributed by atoms with Gasteiger partial charge in [0.15, 0.2) is 5.78 Å². The largest absolute Gasteiger partial charge is 0.411 e. The third-order valence-electron chi connectivity index (χ3n) is 2.72. The zero-order valence-electron chi connectivity index (χ0n) is 10.7. The van der Waals surface area contributed by atoms with Crippen LogP contribution < -0.4 is 0 Å². The Hall–Kier alpha value is -1.01. The number of aromatic nitrogens is 1. The monoisotopic (exact) mass is 297 g/mol. The van der Waals surface area contributed by atoms with Crippen molar-refractivity contribution < 1.29 is 22.7 Å². The van der Waals surface area contributed by atoms with E-state index in [-0.39, 0.29) is 24.8 Å². The second-order valence-electron chi connectivity index (χ2n) is 4.16. The third kappa shape index (κ3) is 4.54.